The van der Waals surface area contributed by atoms with Crippen LogP contribution in [0.15, 0.2) is 24.3 Å². The fraction of sp³-hybridized carbons (Fsp3) is 0.600. The lowest BCUT2D eigenvalue weighted by Gasteiger charge is -2.34. The average Bonchev–Trinajstić information content (AvgIpc) is 2.24. The normalized spacial score (nSPS) is 15.4. The van der Waals surface area contributed by atoms with Crippen molar-refractivity contribution in [1.29, 1.82) is 0 Å². The number of hydrogen-bond donors (Lipinski definition) is 1. The van der Waals surface area contributed by atoms with Gasteiger partial charge in [-0.1, -0.05) is 44.5 Å². The van der Waals surface area contributed by atoms with Crippen LogP contribution in [0.1, 0.15) is 33.3 Å². The van der Waals surface area contributed by atoms with Crippen molar-refractivity contribution >= 4 is 11.6 Å². The first-order chi connectivity index (χ1) is 8.34. The van der Waals surface area contributed by atoms with Gasteiger partial charge in [0.2, 0.25) is 0 Å². The van der Waals surface area contributed by atoms with Gasteiger partial charge < -0.3 is 9.84 Å². The van der Waals surface area contributed by atoms with Crippen molar-refractivity contribution < 1.29 is 9.84 Å². The van der Waals surface area contributed by atoms with E-state index >= 15 is 0 Å². The maximum Gasteiger partial charge on any atom is 0.0885 e. The van der Waals surface area contributed by atoms with Gasteiger partial charge in [-0.3, -0.25) is 0 Å². The molecule has 0 spiro atoms. The number of ether oxygens (including phenoxy) is 1. The summed E-state index contributed by atoms with van der Waals surface area (Å²) in [6.07, 6.45) is -0.146. The lowest BCUT2D eigenvalue weighted by Crippen LogP contribution is -2.41. The third-order valence-electron chi connectivity index (χ3n) is 2.88. The molecule has 0 heterocycles. The van der Waals surface area contributed by atoms with Gasteiger partial charge in [0.05, 0.1) is 12.2 Å². The van der Waals surface area contributed by atoms with E-state index in [2.05, 4.69) is 20.8 Å². The fourth-order valence-electron chi connectivity index (χ4n) is 2.13. The second-order valence-electron chi connectivity index (χ2n) is 5.64. The molecule has 18 heavy (non-hydrogen) atoms. The molecule has 3 heteroatoms. The molecule has 0 aliphatic heterocycles. The van der Waals surface area contributed by atoms with Crippen molar-refractivity contribution in [3.05, 3.63) is 34.9 Å². The molecule has 1 aromatic carbocycles. The van der Waals surface area contributed by atoms with Crippen molar-refractivity contribution in [3.8, 4) is 0 Å². The predicted octanol–water partition coefficient (Wildman–Crippen LogP) is 3.69. The van der Waals surface area contributed by atoms with Gasteiger partial charge in [0.25, 0.3) is 0 Å². The van der Waals surface area contributed by atoms with Crippen molar-refractivity contribution in [3.63, 3.8) is 0 Å². The fourth-order valence-corrected chi connectivity index (χ4v) is 2.34. The molecule has 0 aromatic heterocycles. The van der Waals surface area contributed by atoms with Crippen LogP contribution in [-0.2, 0) is 11.2 Å². The number of benzene rings is 1. The van der Waals surface area contributed by atoms with Crippen LogP contribution in [0.5, 0.6) is 0 Å². The molecule has 102 valence electrons. The summed E-state index contributed by atoms with van der Waals surface area (Å²) in [6, 6.07) is 7.59. The number of aliphatic hydroxyl groups is 1. The van der Waals surface area contributed by atoms with Crippen molar-refractivity contribution in [2.24, 2.45) is 5.41 Å². The Morgan fingerprint density at radius 3 is 2.50 bits per heavy atom. The zero-order chi connectivity index (χ0) is 13.8. The first-order valence-corrected chi connectivity index (χ1v) is 6.76. The second kappa shape index (κ2) is 6.55. The van der Waals surface area contributed by atoms with Crippen LogP contribution >= 0.6 is 11.6 Å². The van der Waals surface area contributed by atoms with Crippen molar-refractivity contribution in [1.82, 2.24) is 0 Å². The lowest BCUT2D eigenvalue weighted by atomic mass is 9.83. The Morgan fingerprint density at radius 1 is 1.33 bits per heavy atom. The molecule has 0 amide bonds. The van der Waals surface area contributed by atoms with E-state index < -0.39 is 6.10 Å². The van der Waals surface area contributed by atoms with Gasteiger partial charge in [-0.25, -0.2) is 0 Å². The third kappa shape index (κ3) is 4.60. The van der Waals surface area contributed by atoms with Crippen LogP contribution < -0.4 is 0 Å². The minimum absolute atomic E-state index is 0.0893. The van der Waals surface area contributed by atoms with Crippen LogP contribution in [-0.4, -0.2) is 23.9 Å². The van der Waals surface area contributed by atoms with E-state index in [9.17, 15) is 5.11 Å². The van der Waals surface area contributed by atoms with E-state index in [0.29, 0.717) is 18.1 Å². The maximum absolute atomic E-state index is 10.4. The summed E-state index contributed by atoms with van der Waals surface area (Å²) in [5.74, 6) is 0. The van der Waals surface area contributed by atoms with Crippen molar-refractivity contribution in [2.45, 2.75) is 46.3 Å². The topological polar surface area (TPSA) is 29.5 Å². The van der Waals surface area contributed by atoms with Gasteiger partial charge in [-0.05, 0) is 30.0 Å². The molecule has 0 saturated heterocycles. The molecule has 2 atom stereocenters. The molecule has 2 unspecified atom stereocenters. The highest BCUT2D eigenvalue weighted by molar-refractivity contribution is 6.30. The minimum atomic E-state index is -0.525. The third-order valence-corrected chi connectivity index (χ3v) is 3.12. The van der Waals surface area contributed by atoms with Crippen LogP contribution in [0.4, 0.5) is 0 Å². The molecule has 0 bridgehead atoms. The van der Waals surface area contributed by atoms with Gasteiger partial charge in [-0.15, -0.1) is 0 Å². The Labute approximate surface area is 115 Å². The lowest BCUT2D eigenvalue weighted by molar-refractivity contribution is -0.0873. The molecule has 0 fully saturated rings. The van der Waals surface area contributed by atoms with E-state index in [1.54, 1.807) is 0 Å². The van der Waals surface area contributed by atoms with E-state index in [0.717, 1.165) is 5.56 Å². The van der Waals surface area contributed by atoms with Gasteiger partial charge in [0.1, 0.15) is 0 Å². The monoisotopic (exact) mass is 270 g/mol. The highest BCUT2D eigenvalue weighted by Gasteiger charge is 2.31. The Hall–Kier alpha value is -0.570. The molecule has 0 aliphatic carbocycles. The van der Waals surface area contributed by atoms with Crippen molar-refractivity contribution in [2.75, 3.05) is 6.61 Å². The Morgan fingerprint density at radius 2 is 2.00 bits per heavy atom. The summed E-state index contributed by atoms with van der Waals surface area (Å²) in [5, 5.41) is 11.0. The minimum Gasteiger partial charge on any atom is -0.390 e. The summed E-state index contributed by atoms with van der Waals surface area (Å²) in [6.45, 7) is 8.79. The van der Waals surface area contributed by atoms with Gasteiger partial charge in [0, 0.05) is 18.1 Å². The van der Waals surface area contributed by atoms with Gasteiger partial charge >= 0.3 is 0 Å². The molecule has 1 rings (SSSR count). The second-order valence-corrected chi connectivity index (χ2v) is 6.08. The summed E-state index contributed by atoms with van der Waals surface area (Å²) in [4.78, 5) is 0. The zero-order valence-corrected chi connectivity index (χ0v) is 12.4. The highest BCUT2D eigenvalue weighted by atomic mass is 35.5. The Kier molecular flexibility index (Phi) is 5.64. The SMILES string of the molecule is CCOC(C(O)Cc1cccc(Cl)c1)C(C)(C)C. The average molecular weight is 271 g/mol. The van der Waals surface area contributed by atoms with E-state index in [-0.39, 0.29) is 11.5 Å². The Balaban J connectivity index is 2.75. The van der Waals surface area contributed by atoms with Crippen LogP contribution in [0.3, 0.4) is 0 Å². The zero-order valence-electron chi connectivity index (χ0n) is 11.6. The number of halogens is 1. The number of aliphatic hydroxyl groups excluding tert-OH is 1. The first kappa shape index (κ1) is 15.5. The molecule has 0 aliphatic rings. The quantitative estimate of drug-likeness (QED) is 0.884. The van der Waals surface area contributed by atoms with E-state index in [1.807, 2.05) is 31.2 Å². The van der Waals surface area contributed by atoms with Crippen LogP contribution in [0, 0.1) is 5.41 Å². The summed E-state index contributed by atoms with van der Waals surface area (Å²) in [7, 11) is 0. The van der Waals surface area contributed by atoms with Crippen LogP contribution in [0.2, 0.25) is 5.02 Å². The first-order valence-electron chi connectivity index (χ1n) is 6.38. The molecule has 2 nitrogen and oxygen atoms in total. The van der Waals surface area contributed by atoms with E-state index in [4.69, 9.17) is 16.3 Å². The summed E-state index contributed by atoms with van der Waals surface area (Å²) >= 11 is 5.95. The molecule has 1 aromatic rings. The highest BCUT2D eigenvalue weighted by Crippen LogP contribution is 2.27. The summed E-state index contributed by atoms with van der Waals surface area (Å²) < 4.78 is 5.69. The standard InChI is InChI=1S/C15H23ClO2/c1-5-18-14(15(2,3)4)13(17)10-11-7-6-8-12(16)9-11/h6-9,13-14,17H,5,10H2,1-4H3. The summed E-state index contributed by atoms with van der Waals surface area (Å²) in [5.41, 5.74) is 0.942. The van der Waals surface area contributed by atoms with E-state index in [1.165, 1.54) is 0 Å². The molecular weight excluding hydrogens is 248 g/mol. The smallest absolute Gasteiger partial charge is 0.0885 e. The number of rotatable bonds is 5. The van der Waals surface area contributed by atoms with Crippen LogP contribution in [0.25, 0.3) is 0 Å². The predicted molar refractivity (Wildman–Crippen MR) is 76.0 cm³/mol. The van der Waals surface area contributed by atoms with Gasteiger partial charge in [-0.2, -0.15) is 0 Å². The molecule has 1 N–H and O–H groups in total. The largest absolute Gasteiger partial charge is 0.390 e. The number of hydrogen-bond acceptors (Lipinski definition) is 2. The maximum atomic E-state index is 10.4. The molecule has 0 saturated carbocycles. The Bertz CT molecular complexity index is 371. The van der Waals surface area contributed by atoms with Gasteiger partial charge in [0.15, 0.2) is 0 Å². The molecule has 0 radical (unpaired) electrons. The molecular formula is C15H23ClO2.